The van der Waals surface area contributed by atoms with Gasteiger partial charge in [-0.15, -0.1) is 0 Å². The zero-order chi connectivity index (χ0) is 13.3. The molecule has 0 bridgehead atoms. The van der Waals surface area contributed by atoms with E-state index in [2.05, 4.69) is 15.9 Å². The maximum atomic E-state index is 12.1. The second kappa shape index (κ2) is 5.10. The Morgan fingerprint density at radius 2 is 1.89 bits per heavy atom. The Balaban J connectivity index is 2.20. The average molecular weight is 311 g/mol. The maximum Gasteiger partial charge on any atom is 0.327 e. The number of nitrogens with zero attached hydrogens (tertiary/aromatic N) is 2. The quantitative estimate of drug-likeness (QED) is 0.805. The van der Waals surface area contributed by atoms with Gasteiger partial charge in [0.1, 0.15) is 6.54 Å². The molecular formula is C13H15BrN2O2. The van der Waals surface area contributed by atoms with E-state index in [1.54, 1.807) is 4.90 Å². The van der Waals surface area contributed by atoms with Crippen molar-refractivity contribution in [2.75, 3.05) is 13.1 Å². The summed E-state index contributed by atoms with van der Waals surface area (Å²) in [4.78, 5) is 26.6. The highest BCUT2D eigenvalue weighted by Crippen LogP contribution is 2.26. The lowest BCUT2D eigenvalue weighted by Crippen LogP contribution is -2.34. The van der Waals surface area contributed by atoms with Gasteiger partial charge in [0.05, 0.1) is 6.04 Å². The van der Waals surface area contributed by atoms with Gasteiger partial charge in [0.25, 0.3) is 0 Å². The number of hydrogen-bond donors (Lipinski definition) is 0. The number of imide groups is 1. The van der Waals surface area contributed by atoms with Gasteiger partial charge in [-0.05, 0) is 31.5 Å². The summed E-state index contributed by atoms with van der Waals surface area (Å²) in [6.07, 6.45) is 0. The molecule has 1 aliphatic rings. The summed E-state index contributed by atoms with van der Waals surface area (Å²) in [6.45, 7) is 4.35. The molecule has 5 heteroatoms. The van der Waals surface area contributed by atoms with Gasteiger partial charge < -0.3 is 4.90 Å². The van der Waals surface area contributed by atoms with Crippen LogP contribution in [0.25, 0.3) is 0 Å². The van der Waals surface area contributed by atoms with Gasteiger partial charge in [0.15, 0.2) is 0 Å². The highest BCUT2D eigenvalue weighted by atomic mass is 79.9. The Morgan fingerprint density at radius 3 is 2.39 bits per heavy atom. The zero-order valence-corrected chi connectivity index (χ0v) is 12.0. The summed E-state index contributed by atoms with van der Waals surface area (Å²) in [5.41, 5.74) is 1.03. The van der Waals surface area contributed by atoms with Crippen LogP contribution in [-0.4, -0.2) is 34.8 Å². The largest absolute Gasteiger partial charge is 0.327 e. The van der Waals surface area contributed by atoms with Crippen LogP contribution >= 0.6 is 15.9 Å². The lowest BCUT2D eigenvalue weighted by atomic mass is 10.1. The second-order valence-corrected chi connectivity index (χ2v) is 5.19. The summed E-state index contributed by atoms with van der Waals surface area (Å²) in [5.74, 6) is -0.119. The summed E-state index contributed by atoms with van der Waals surface area (Å²) in [6, 6.07) is 7.50. The van der Waals surface area contributed by atoms with E-state index in [0.717, 1.165) is 10.0 Å². The van der Waals surface area contributed by atoms with Crippen LogP contribution in [0.4, 0.5) is 4.79 Å². The van der Waals surface area contributed by atoms with E-state index in [-0.39, 0.29) is 24.5 Å². The first-order valence-electron chi connectivity index (χ1n) is 5.91. The first kappa shape index (κ1) is 13.1. The van der Waals surface area contributed by atoms with E-state index in [0.29, 0.717) is 6.54 Å². The monoisotopic (exact) mass is 310 g/mol. The number of carbonyl (C=O) groups excluding carboxylic acids is 2. The Kier molecular flexibility index (Phi) is 3.71. The van der Waals surface area contributed by atoms with Gasteiger partial charge in [0, 0.05) is 11.0 Å². The van der Waals surface area contributed by atoms with E-state index >= 15 is 0 Å². The molecule has 0 unspecified atom stereocenters. The van der Waals surface area contributed by atoms with Gasteiger partial charge in [0.2, 0.25) is 5.91 Å². The molecule has 96 valence electrons. The Bertz CT molecular complexity index is 472. The highest BCUT2D eigenvalue weighted by molar-refractivity contribution is 9.10. The number of amides is 3. The van der Waals surface area contributed by atoms with Crippen LogP contribution in [0.2, 0.25) is 0 Å². The van der Waals surface area contributed by atoms with E-state index in [9.17, 15) is 9.59 Å². The number of rotatable bonds is 3. The standard InChI is InChI=1S/C13H15BrN2O2/c1-3-15-12(17)8-16(13(15)18)9(2)10-4-6-11(14)7-5-10/h4-7,9H,3,8H2,1-2H3/t9-/m1/s1. The predicted molar refractivity (Wildman–Crippen MR) is 72.0 cm³/mol. The van der Waals surface area contributed by atoms with Crippen molar-refractivity contribution in [2.24, 2.45) is 0 Å². The lowest BCUT2D eigenvalue weighted by Gasteiger charge is -2.23. The summed E-state index contributed by atoms with van der Waals surface area (Å²) in [7, 11) is 0. The first-order chi connectivity index (χ1) is 8.54. The topological polar surface area (TPSA) is 40.6 Å². The van der Waals surface area contributed by atoms with E-state index in [4.69, 9.17) is 0 Å². The molecule has 0 saturated carbocycles. The van der Waals surface area contributed by atoms with Crippen LogP contribution in [0.3, 0.4) is 0 Å². The summed E-state index contributed by atoms with van der Waals surface area (Å²) < 4.78 is 0.998. The summed E-state index contributed by atoms with van der Waals surface area (Å²) in [5, 5.41) is 0. The van der Waals surface area contributed by atoms with Crippen LogP contribution in [0.15, 0.2) is 28.7 Å². The minimum Gasteiger partial charge on any atom is -0.308 e. The molecule has 0 radical (unpaired) electrons. The number of hydrogen-bond acceptors (Lipinski definition) is 2. The normalized spacial score (nSPS) is 17.5. The fourth-order valence-corrected chi connectivity index (χ4v) is 2.36. The summed E-state index contributed by atoms with van der Waals surface area (Å²) >= 11 is 3.38. The van der Waals surface area contributed by atoms with Gasteiger partial charge in [-0.1, -0.05) is 28.1 Å². The first-order valence-corrected chi connectivity index (χ1v) is 6.70. The van der Waals surface area contributed by atoms with Crippen LogP contribution in [0.5, 0.6) is 0 Å². The van der Waals surface area contributed by atoms with Crippen LogP contribution < -0.4 is 0 Å². The third-order valence-electron chi connectivity index (χ3n) is 3.22. The minimum absolute atomic E-state index is 0.0916. The minimum atomic E-state index is -0.196. The van der Waals surface area contributed by atoms with Crippen LogP contribution in [0, 0.1) is 0 Å². The van der Waals surface area contributed by atoms with Crippen molar-refractivity contribution < 1.29 is 9.59 Å². The van der Waals surface area contributed by atoms with Gasteiger partial charge in [-0.3, -0.25) is 9.69 Å². The van der Waals surface area contributed by atoms with Gasteiger partial charge in [-0.25, -0.2) is 4.79 Å². The van der Waals surface area contributed by atoms with Crippen LogP contribution in [-0.2, 0) is 4.79 Å². The zero-order valence-electron chi connectivity index (χ0n) is 10.4. The second-order valence-electron chi connectivity index (χ2n) is 4.28. The molecule has 1 aromatic rings. The van der Waals surface area contributed by atoms with E-state index in [1.165, 1.54) is 4.90 Å². The van der Waals surface area contributed by atoms with E-state index < -0.39 is 0 Å². The van der Waals surface area contributed by atoms with E-state index in [1.807, 2.05) is 38.1 Å². The molecule has 0 aliphatic carbocycles. The molecular weight excluding hydrogens is 296 g/mol. The molecule has 0 N–H and O–H groups in total. The van der Waals surface area contributed by atoms with Crippen molar-refractivity contribution in [3.8, 4) is 0 Å². The number of carbonyl (C=O) groups is 2. The molecule has 1 aromatic carbocycles. The number of benzene rings is 1. The number of urea groups is 1. The van der Waals surface area contributed by atoms with Crippen molar-refractivity contribution in [3.63, 3.8) is 0 Å². The highest BCUT2D eigenvalue weighted by Gasteiger charge is 2.37. The van der Waals surface area contributed by atoms with Crippen molar-refractivity contribution in [1.29, 1.82) is 0 Å². The molecule has 0 spiro atoms. The van der Waals surface area contributed by atoms with Crippen molar-refractivity contribution in [1.82, 2.24) is 9.80 Å². The Labute approximate surface area is 115 Å². The van der Waals surface area contributed by atoms with Crippen molar-refractivity contribution >= 4 is 27.9 Å². The number of likely N-dealkylation sites (N-methyl/N-ethyl adjacent to an activating group) is 1. The molecule has 1 atom stereocenters. The lowest BCUT2D eigenvalue weighted by molar-refractivity contribution is -0.125. The Hall–Kier alpha value is -1.36. The molecule has 1 fully saturated rings. The molecule has 3 amide bonds. The molecule has 1 saturated heterocycles. The van der Waals surface area contributed by atoms with Gasteiger partial charge in [-0.2, -0.15) is 0 Å². The molecule has 0 aromatic heterocycles. The fraction of sp³-hybridized carbons (Fsp3) is 0.385. The average Bonchev–Trinajstić information content (AvgIpc) is 2.64. The third kappa shape index (κ3) is 2.27. The van der Waals surface area contributed by atoms with Gasteiger partial charge >= 0.3 is 6.03 Å². The van der Waals surface area contributed by atoms with Crippen molar-refractivity contribution in [3.05, 3.63) is 34.3 Å². The van der Waals surface area contributed by atoms with Crippen LogP contribution in [0.1, 0.15) is 25.5 Å². The number of halogens is 1. The maximum absolute atomic E-state index is 12.1. The molecule has 1 aliphatic heterocycles. The molecule has 2 rings (SSSR count). The molecule has 18 heavy (non-hydrogen) atoms. The molecule has 1 heterocycles. The Morgan fingerprint density at radius 1 is 1.28 bits per heavy atom. The predicted octanol–water partition coefficient (Wildman–Crippen LogP) is 2.79. The SMILES string of the molecule is CCN1C(=O)CN([C@H](C)c2ccc(Br)cc2)C1=O. The van der Waals surface area contributed by atoms with Crippen molar-refractivity contribution in [2.45, 2.75) is 19.9 Å². The smallest absolute Gasteiger partial charge is 0.308 e. The fourth-order valence-electron chi connectivity index (χ4n) is 2.10. The molecule has 4 nitrogen and oxygen atoms in total. The third-order valence-corrected chi connectivity index (χ3v) is 3.75.